The van der Waals surface area contributed by atoms with Gasteiger partial charge in [0, 0.05) is 24.4 Å². The van der Waals surface area contributed by atoms with Gasteiger partial charge in [0.05, 0.1) is 16.3 Å². The fourth-order valence-electron chi connectivity index (χ4n) is 2.41. The van der Waals surface area contributed by atoms with Gasteiger partial charge >= 0.3 is 0 Å². The highest BCUT2D eigenvalue weighted by molar-refractivity contribution is 6.32. The summed E-state index contributed by atoms with van der Waals surface area (Å²) in [7, 11) is 1.85. The Morgan fingerprint density at radius 2 is 2.05 bits per heavy atom. The zero-order chi connectivity index (χ0) is 15.1. The van der Waals surface area contributed by atoms with E-state index >= 15 is 0 Å². The summed E-state index contributed by atoms with van der Waals surface area (Å²) in [5.41, 5.74) is 4.27. The molecule has 21 heavy (non-hydrogen) atoms. The molecule has 2 aromatic heterocycles. The number of hydrogen-bond acceptors (Lipinski definition) is 4. The lowest BCUT2D eigenvalue weighted by atomic mass is 10.0. The molecule has 108 valence electrons. The molecule has 0 unspecified atom stereocenters. The molecule has 0 atom stereocenters. The van der Waals surface area contributed by atoms with E-state index in [4.69, 9.17) is 16.1 Å². The average Bonchev–Trinajstić information content (AvgIpc) is 2.96. The van der Waals surface area contributed by atoms with Gasteiger partial charge in [-0.1, -0.05) is 16.8 Å². The molecule has 1 N–H and O–H groups in total. The fraction of sp³-hybridized carbons (Fsp3) is 0.200. The summed E-state index contributed by atoms with van der Waals surface area (Å²) in [5.74, 6) is 0.793. The highest BCUT2D eigenvalue weighted by atomic mass is 35.5. The second kappa shape index (κ2) is 4.93. The Bertz CT molecular complexity index is 801. The molecule has 3 aromatic rings. The number of aromatic hydroxyl groups is 1. The summed E-state index contributed by atoms with van der Waals surface area (Å²) >= 11 is 5.99. The van der Waals surface area contributed by atoms with E-state index in [-0.39, 0.29) is 5.75 Å². The molecule has 0 fully saturated rings. The predicted molar refractivity (Wildman–Crippen MR) is 80.3 cm³/mol. The molecule has 0 saturated heterocycles. The summed E-state index contributed by atoms with van der Waals surface area (Å²) in [4.78, 5) is 0. The van der Waals surface area contributed by atoms with E-state index in [2.05, 4.69) is 10.3 Å². The molecular formula is C15H14ClN3O2. The second-order valence-electron chi connectivity index (χ2n) is 4.93. The van der Waals surface area contributed by atoms with Crippen LogP contribution in [0.1, 0.15) is 11.5 Å². The molecular weight excluding hydrogens is 290 g/mol. The molecule has 1 aromatic carbocycles. The van der Waals surface area contributed by atoms with Gasteiger partial charge in [0.25, 0.3) is 0 Å². The van der Waals surface area contributed by atoms with Gasteiger partial charge in [-0.3, -0.25) is 4.68 Å². The summed E-state index contributed by atoms with van der Waals surface area (Å²) in [6.45, 7) is 3.77. The van der Waals surface area contributed by atoms with Crippen molar-refractivity contribution in [1.29, 1.82) is 0 Å². The number of aryl methyl sites for hydroxylation is 3. The number of rotatable bonds is 2. The highest BCUT2D eigenvalue weighted by Crippen LogP contribution is 2.37. The van der Waals surface area contributed by atoms with Gasteiger partial charge < -0.3 is 9.63 Å². The first-order valence-corrected chi connectivity index (χ1v) is 6.81. The Morgan fingerprint density at radius 3 is 2.67 bits per heavy atom. The van der Waals surface area contributed by atoms with E-state index in [0.717, 1.165) is 33.8 Å². The van der Waals surface area contributed by atoms with Crippen LogP contribution in [-0.4, -0.2) is 20.0 Å². The molecule has 0 aliphatic heterocycles. The van der Waals surface area contributed by atoms with Crippen LogP contribution in [0.4, 0.5) is 0 Å². The van der Waals surface area contributed by atoms with Crippen molar-refractivity contribution in [2.24, 2.45) is 7.05 Å². The molecule has 5 nitrogen and oxygen atoms in total. The van der Waals surface area contributed by atoms with E-state index in [1.54, 1.807) is 22.9 Å². The minimum absolute atomic E-state index is 0.0511. The Morgan fingerprint density at radius 1 is 1.29 bits per heavy atom. The molecule has 0 bridgehead atoms. The van der Waals surface area contributed by atoms with E-state index in [1.807, 2.05) is 27.1 Å². The molecule has 3 rings (SSSR count). The van der Waals surface area contributed by atoms with Gasteiger partial charge in [-0.05, 0) is 32.0 Å². The van der Waals surface area contributed by atoms with Crippen molar-refractivity contribution in [3.63, 3.8) is 0 Å². The third kappa shape index (κ3) is 2.29. The summed E-state index contributed by atoms with van der Waals surface area (Å²) < 4.78 is 6.97. The van der Waals surface area contributed by atoms with Gasteiger partial charge in [0.2, 0.25) is 0 Å². The van der Waals surface area contributed by atoms with Crippen molar-refractivity contribution in [3.8, 4) is 28.1 Å². The summed E-state index contributed by atoms with van der Waals surface area (Å²) in [5, 5.41) is 18.3. The predicted octanol–water partition coefficient (Wildman–Crippen LogP) is 3.72. The first kappa shape index (κ1) is 13.7. The molecule has 0 amide bonds. The first-order valence-electron chi connectivity index (χ1n) is 6.43. The van der Waals surface area contributed by atoms with Crippen LogP contribution < -0.4 is 0 Å². The van der Waals surface area contributed by atoms with Crippen LogP contribution in [0.15, 0.2) is 28.9 Å². The van der Waals surface area contributed by atoms with Crippen molar-refractivity contribution >= 4 is 11.6 Å². The lowest BCUT2D eigenvalue weighted by Crippen LogP contribution is -1.88. The first-order chi connectivity index (χ1) is 9.97. The fourth-order valence-corrected chi connectivity index (χ4v) is 2.59. The quantitative estimate of drug-likeness (QED) is 0.783. The number of aromatic nitrogens is 3. The standard InChI is InChI=1S/C15H14ClN3O2/c1-8-14(9(2)21-18-8)11-7-19(3)17-15(11)10-4-5-13(20)12(16)6-10/h4-7,20H,1-3H3. The Balaban J connectivity index is 2.23. The Hall–Kier alpha value is -2.27. The number of phenolic OH excluding ortho intramolecular Hbond substituents is 1. The maximum absolute atomic E-state index is 9.55. The maximum Gasteiger partial charge on any atom is 0.141 e. The number of phenols is 1. The Labute approximate surface area is 126 Å². The van der Waals surface area contributed by atoms with Crippen LogP contribution in [0.3, 0.4) is 0 Å². The molecule has 0 aliphatic rings. The van der Waals surface area contributed by atoms with Crippen LogP contribution in [0.25, 0.3) is 22.4 Å². The third-order valence-corrected chi connectivity index (χ3v) is 3.66. The number of halogens is 1. The van der Waals surface area contributed by atoms with Crippen molar-refractivity contribution < 1.29 is 9.63 Å². The third-order valence-electron chi connectivity index (χ3n) is 3.35. The lowest BCUT2D eigenvalue weighted by Gasteiger charge is -2.04. The van der Waals surface area contributed by atoms with Crippen molar-refractivity contribution in [2.45, 2.75) is 13.8 Å². The largest absolute Gasteiger partial charge is 0.506 e. The molecule has 6 heteroatoms. The van der Waals surface area contributed by atoms with E-state index < -0.39 is 0 Å². The smallest absolute Gasteiger partial charge is 0.141 e. The topological polar surface area (TPSA) is 64.1 Å². The van der Waals surface area contributed by atoms with Gasteiger partial charge in [-0.25, -0.2) is 0 Å². The highest BCUT2D eigenvalue weighted by Gasteiger charge is 2.19. The summed E-state index contributed by atoms with van der Waals surface area (Å²) in [6, 6.07) is 5.04. The minimum Gasteiger partial charge on any atom is -0.506 e. The Kier molecular flexibility index (Phi) is 3.22. The molecule has 0 spiro atoms. The normalized spacial score (nSPS) is 11.0. The minimum atomic E-state index is 0.0511. The number of nitrogens with zero attached hydrogens (tertiary/aromatic N) is 3. The van der Waals surface area contributed by atoms with Gasteiger partial charge in [-0.2, -0.15) is 5.10 Å². The van der Waals surface area contributed by atoms with Gasteiger partial charge in [0.1, 0.15) is 17.2 Å². The van der Waals surface area contributed by atoms with Crippen LogP contribution in [0.5, 0.6) is 5.75 Å². The van der Waals surface area contributed by atoms with Crippen LogP contribution >= 0.6 is 11.6 Å². The van der Waals surface area contributed by atoms with Crippen LogP contribution in [0, 0.1) is 13.8 Å². The zero-order valence-electron chi connectivity index (χ0n) is 11.9. The van der Waals surface area contributed by atoms with Gasteiger partial charge in [0.15, 0.2) is 0 Å². The molecule has 2 heterocycles. The summed E-state index contributed by atoms with van der Waals surface area (Å²) in [6.07, 6.45) is 1.92. The van der Waals surface area contributed by atoms with Crippen molar-refractivity contribution in [2.75, 3.05) is 0 Å². The molecule has 0 aliphatic carbocycles. The maximum atomic E-state index is 9.55. The van der Waals surface area contributed by atoms with Gasteiger partial charge in [-0.15, -0.1) is 0 Å². The second-order valence-corrected chi connectivity index (χ2v) is 5.34. The van der Waals surface area contributed by atoms with Crippen LogP contribution in [0.2, 0.25) is 5.02 Å². The number of hydrogen-bond donors (Lipinski definition) is 1. The van der Waals surface area contributed by atoms with Crippen molar-refractivity contribution in [1.82, 2.24) is 14.9 Å². The van der Waals surface area contributed by atoms with E-state index in [0.29, 0.717) is 5.02 Å². The molecule has 0 saturated carbocycles. The number of benzene rings is 1. The average molecular weight is 304 g/mol. The van der Waals surface area contributed by atoms with E-state index in [9.17, 15) is 5.11 Å². The molecule has 0 radical (unpaired) electrons. The SMILES string of the molecule is Cc1noc(C)c1-c1cn(C)nc1-c1ccc(O)c(Cl)c1. The zero-order valence-corrected chi connectivity index (χ0v) is 12.6. The lowest BCUT2D eigenvalue weighted by molar-refractivity contribution is 0.393. The van der Waals surface area contributed by atoms with Crippen molar-refractivity contribution in [3.05, 3.63) is 40.9 Å². The monoisotopic (exact) mass is 303 g/mol. The van der Waals surface area contributed by atoms with Crippen LogP contribution in [-0.2, 0) is 7.05 Å². The van der Waals surface area contributed by atoms with E-state index in [1.165, 1.54) is 0 Å².